The molecule has 0 spiro atoms. The molecule has 0 bridgehead atoms. The minimum atomic E-state index is -0.304. The molecule has 0 aliphatic heterocycles. The van der Waals surface area contributed by atoms with Crippen LogP contribution in [0.3, 0.4) is 0 Å². The monoisotopic (exact) mass is 381 g/mol. The van der Waals surface area contributed by atoms with Gasteiger partial charge in [0.1, 0.15) is 11.2 Å². The number of anilines is 1. The van der Waals surface area contributed by atoms with Gasteiger partial charge in [-0.15, -0.1) is 0 Å². The highest BCUT2D eigenvalue weighted by Crippen LogP contribution is 2.19. The number of thiocyanates is 1. The Morgan fingerprint density at radius 1 is 1.26 bits per heavy atom. The minimum Gasteiger partial charge on any atom is -0.497 e. The summed E-state index contributed by atoms with van der Waals surface area (Å²) in [4.78, 5) is 26.4. The predicted molar refractivity (Wildman–Crippen MR) is 106 cm³/mol. The van der Waals surface area contributed by atoms with Gasteiger partial charge in [-0.25, -0.2) is 0 Å². The Labute approximate surface area is 162 Å². The van der Waals surface area contributed by atoms with Crippen molar-refractivity contribution in [2.75, 3.05) is 26.0 Å². The number of carbonyl (C=O) groups is 2. The molecule has 0 aromatic heterocycles. The molecule has 0 saturated carbocycles. The smallest absolute Gasteiger partial charge is 0.246 e. The number of carbonyl (C=O) groups excluding carboxylic acids is 2. The maximum atomic E-state index is 12.2. The molecule has 2 amide bonds. The quantitative estimate of drug-likeness (QED) is 0.452. The number of methoxy groups -OCH3 is 1. The number of nitriles is 1. The molecule has 0 fully saturated rings. The van der Waals surface area contributed by atoms with Crippen molar-refractivity contribution < 1.29 is 14.3 Å². The van der Waals surface area contributed by atoms with Crippen LogP contribution in [-0.4, -0.2) is 37.4 Å². The van der Waals surface area contributed by atoms with Gasteiger partial charge in [0.25, 0.3) is 0 Å². The van der Waals surface area contributed by atoms with Crippen LogP contribution >= 0.6 is 11.8 Å². The summed E-state index contributed by atoms with van der Waals surface area (Å²) in [5.41, 5.74) is 1.44. The van der Waals surface area contributed by atoms with Crippen LogP contribution in [0.4, 0.5) is 5.69 Å². The molecule has 0 unspecified atom stereocenters. The van der Waals surface area contributed by atoms with E-state index in [1.165, 1.54) is 11.0 Å². The number of likely N-dealkylation sites (N-methyl/N-ethyl adjacent to an activating group) is 1. The summed E-state index contributed by atoms with van der Waals surface area (Å²) in [6, 6.07) is 14.2. The standard InChI is InChI=1S/C20H19N3O3S/c1-23(20(25)11-6-15-4-3-5-17(12-15)26-2)13-19(24)22-16-7-9-18(10-8-16)27-14-21/h3-12H,13H2,1-2H3,(H,22,24)/b11-6+. The Morgan fingerprint density at radius 3 is 2.67 bits per heavy atom. The van der Waals surface area contributed by atoms with Crippen LogP contribution in [-0.2, 0) is 9.59 Å². The lowest BCUT2D eigenvalue weighted by molar-refractivity contribution is -0.129. The van der Waals surface area contributed by atoms with Crippen LogP contribution in [0, 0.1) is 10.7 Å². The van der Waals surface area contributed by atoms with Gasteiger partial charge in [0.2, 0.25) is 11.8 Å². The molecule has 27 heavy (non-hydrogen) atoms. The first-order valence-corrected chi connectivity index (χ1v) is 8.86. The van der Waals surface area contributed by atoms with E-state index in [4.69, 9.17) is 10.00 Å². The van der Waals surface area contributed by atoms with E-state index in [0.29, 0.717) is 11.4 Å². The number of ether oxygens (including phenoxy) is 1. The molecule has 2 aromatic rings. The fourth-order valence-corrected chi connectivity index (χ4v) is 2.57. The van der Waals surface area contributed by atoms with Crippen LogP contribution in [0.2, 0.25) is 0 Å². The SMILES string of the molecule is COc1cccc(/C=C/C(=O)N(C)CC(=O)Nc2ccc(SC#N)cc2)c1. The van der Waals surface area contributed by atoms with Crippen LogP contribution in [0.5, 0.6) is 5.75 Å². The number of nitrogens with one attached hydrogen (secondary N) is 1. The van der Waals surface area contributed by atoms with E-state index in [1.807, 2.05) is 29.7 Å². The largest absolute Gasteiger partial charge is 0.497 e. The number of hydrogen-bond donors (Lipinski definition) is 1. The van der Waals surface area contributed by atoms with Gasteiger partial charge in [-0.3, -0.25) is 9.59 Å². The molecular formula is C20H19N3O3S. The van der Waals surface area contributed by atoms with Gasteiger partial charge in [-0.1, -0.05) is 12.1 Å². The van der Waals surface area contributed by atoms with Crippen LogP contribution in [0.15, 0.2) is 59.5 Å². The van der Waals surface area contributed by atoms with E-state index in [0.717, 1.165) is 22.2 Å². The molecule has 2 aromatic carbocycles. The molecule has 6 nitrogen and oxygen atoms in total. The minimum absolute atomic E-state index is 0.0734. The molecule has 0 atom stereocenters. The number of benzene rings is 2. The Morgan fingerprint density at radius 2 is 2.00 bits per heavy atom. The number of thioether (sulfide) groups is 1. The van der Waals surface area contributed by atoms with Crippen molar-refractivity contribution in [3.05, 3.63) is 60.2 Å². The molecule has 7 heteroatoms. The van der Waals surface area contributed by atoms with Gasteiger partial charge in [0, 0.05) is 23.7 Å². The third-order valence-electron chi connectivity index (χ3n) is 3.57. The van der Waals surface area contributed by atoms with E-state index in [2.05, 4.69) is 5.32 Å². The van der Waals surface area contributed by atoms with Crippen molar-refractivity contribution in [3.8, 4) is 11.2 Å². The third-order valence-corrected chi connectivity index (χ3v) is 4.17. The summed E-state index contributed by atoms with van der Waals surface area (Å²) in [5, 5.41) is 13.3. The first-order valence-electron chi connectivity index (χ1n) is 8.05. The number of amides is 2. The van der Waals surface area contributed by atoms with Gasteiger partial charge >= 0.3 is 0 Å². The molecular weight excluding hydrogens is 362 g/mol. The first-order chi connectivity index (χ1) is 13.0. The topological polar surface area (TPSA) is 82.4 Å². The predicted octanol–water partition coefficient (Wildman–Crippen LogP) is 3.38. The second-order valence-corrected chi connectivity index (χ2v) is 6.43. The van der Waals surface area contributed by atoms with Crippen molar-refractivity contribution in [3.63, 3.8) is 0 Å². The van der Waals surface area contributed by atoms with Gasteiger partial charge in [-0.05, 0) is 59.8 Å². The summed E-state index contributed by atoms with van der Waals surface area (Å²) < 4.78 is 5.14. The zero-order valence-corrected chi connectivity index (χ0v) is 15.8. The third kappa shape index (κ3) is 6.53. The van der Waals surface area contributed by atoms with Gasteiger partial charge in [-0.2, -0.15) is 5.26 Å². The molecule has 138 valence electrons. The molecule has 0 saturated heterocycles. The second kappa shape index (κ2) is 10.0. The summed E-state index contributed by atoms with van der Waals surface area (Å²) in [7, 11) is 3.14. The zero-order chi connectivity index (χ0) is 19.6. The number of rotatable bonds is 7. The van der Waals surface area contributed by atoms with E-state index >= 15 is 0 Å². The van der Waals surface area contributed by atoms with Gasteiger partial charge < -0.3 is 15.0 Å². The van der Waals surface area contributed by atoms with Crippen molar-refractivity contribution in [2.24, 2.45) is 0 Å². The lowest BCUT2D eigenvalue weighted by Crippen LogP contribution is -2.33. The Kier molecular flexibility index (Phi) is 7.47. The zero-order valence-electron chi connectivity index (χ0n) is 15.0. The first kappa shape index (κ1) is 20.1. The van der Waals surface area contributed by atoms with Gasteiger partial charge in [0.15, 0.2) is 0 Å². The lowest BCUT2D eigenvalue weighted by Gasteiger charge is -2.15. The van der Waals surface area contributed by atoms with Crippen LogP contribution < -0.4 is 10.1 Å². The average Bonchev–Trinajstić information content (AvgIpc) is 2.67. The highest BCUT2D eigenvalue weighted by molar-refractivity contribution is 8.03. The van der Waals surface area contributed by atoms with E-state index in [1.54, 1.807) is 44.5 Å². The Hall–Kier alpha value is -3.24. The number of hydrogen-bond acceptors (Lipinski definition) is 5. The maximum absolute atomic E-state index is 12.2. The number of nitrogens with zero attached hydrogens (tertiary/aromatic N) is 2. The molecule has 0 heterocycles. The molecule has 0 radical (unpaired) electrons. The highest BCUT2D eigenvalue weighted by Gasteiger charge is 2.11. The fourth-order valence-electron chi connectivity index (χ4n) is 2.19. The normalized spacial score (nSPS) is 10.3. The lowest BCUT2D eigenvalue weighted by atomic mass is 10.2. The summed E-state index contributed by atoms with van der Waals surface area (Å²) >= 11 is 1.05. The van der Waals surface area contributed by atoms with Crippen molar-refractivity contribution >= 4 is 35.3 Å². The van der Waals surface area contributed by atoms with Crippen molar-refractivity contribution in [1.29, 1.82) is 5.26 Å². The molecule has 2 rings (SSSR count). The van der Waals surface area contributed by atoms with Crippen molar-refractivity contribution in [2.45, 2.75) is 4.90 Å². The van der Waals surface area contributed by atoms with E-state index < -0.39 is 0 Å². The van der Waals surface area contributed by atoms with Gasteiger partial charge in [0.05, 0.1) is 13.7 Å². The second-order valence-electron chi connectivity index (χ2n) is 5.57. The Bertz CT molecular complexity index is 873. The fraction of sp³-hybridized carbons (Fsp3) is 0.150. The van der Waals surface area contributed by atoms with E-state index in [-0.39, 0.29) is 18.4 Å². The van der Waals surface area contributed by atoms with Crippen molar-refractivity contribution in [1.82, 2.24) is 4.90 Å². The van der Waals surface area contributed by atoms with Crippen LogP contribution in [0.25, 0.3) is 6.08 Å². The summed E-state index contributed by atoms with van der Waals surface area (Å²) in [5.74, 6) is 0.117. The molecule has 1 N–H and O–H groups in total. The van der Waals surface area contributed by atoms with Crippen LogP contribution in [0.1, 0.15) is 5.56 Å². The highest BCUT2D eigenvalue weighted by atomic mass is 32.2. The maximum Gasteiger partial charge on any atom is 0.246 e. The molecule has 0 aliphatic carbocycles. The summed E-state index contributed by atoms with van der Waals surface area (Å²) in [6.07, 6.45) is 3.08. The summed E-state index contributed by atoms with van der Waals surface area (Å²) in [6.45, 7) is -0.0734. The average molecular weight is 381 g/mol. The Balaban J connectivity index is 1.88. The van der Waals surface area contributed by atoms with E-state index in [9.17, 15) is 9.59 Å². The molecule has 0 aliphatic rings.